The van der Waals surface area contributed by atoms with Crippen LogP contribution in [0.4, 0.5) is 10.5 Å². The maximum absolute atomic E-state index is 12.9. The molecule has 1 saturated heterocycles. The fourth-order valence-corrected chi connectivity index (χ4v) is 4.33. The number of hydrogen-bond donors (Lipinski definition) is 1. The van der Waals surface area contributed by atoms with Gasteiger partial charge in [-0.25, -0.2) is 14.8 Å². The zero-order chi connectivity index (χ0) is 24.2. The first-order valence-corrected chi connectivity index (χ1v) is 11.5. The summed E-state index contributed by atoms with van der Waals surface area (Å²) in [5.41, 5.74) is 3.34. The number of para-hydroxylation sites is 1. The first-order chi connectivity index (χ1) is 17.2. The maximum atomic E-state index is 12.9. The molecule has 180 valence electrons. The second-order valence-electron chi connectivity index (χ2n) is 8.30. The van der Waals surface area contributed by atoms with Gasteiger partial charge in [0, 0.05) is 44.1 Å². The van der Waals surface area contributed by atoms with E-state index < -0.39 is 0 Å². The van der Waals surface area contributed by atoms with Gasteiger partial charge in [0.05, 0.1) is 26.5 Å². The number of anilines is 1. The zero-order valence-corrected chi connectivity index (χ0v) is 19.8. The third-order valence-electron chi connectivity index (χ3n) is 6.17. The van der Waals surface area contributed by atoms with Crippen LogP contribution in [0.25, 0.3) is 16.9 Å². The number of nitrogens with one attached hydrogen (secondary N) is 1. The van der Waals surface area contributed by atoms with Gasteiger partial charge in [0.2, 0.25) is 0 Å². The molecule has 9 heteroatoms. The molecular weight excluding hydrogens is 444 g/mol. The van der Waals surface area contributed by atoms with Crippen LogP contribution < -0.4 is 14.8 Å². The molecule has 5 rings (SSSR count). The van der Waals surface area contributed by atoms with Gasteiger partial charge < -0.3 is 19.7 Å². The van der Waals surface area contributed by atoms with Crippen molar-refractivity contribution in [3.05, 3.63) is 72.7 Å². The van der Waals surface area contributed by atoms with Crippen molar-refractivity contribution in [2.45, 2.75) is 6.54 Å². The number of carbonyl (C=O) groups excluding carboxylic acids is 1. The number of benzene rings is 2. The van der Waals surface area contributed by atoms with Gasteiger partial charge >= 0.3 is 6.03 Å². The van der Waals surface area contributed by atoms with Crippen LogP contribution in [0, 0.1) is 0 Å². The van der Waals surface area contributed by atoms with Crippen molar-refractivity contribution in [1.82, 2.24) is 24.3 Å². The van der Waals surface area contributed by atoms with E-state index in [0.717, 1.165) is 35.8 Å². The van der Waals surface area contributed by atoms with Crippen molar-refractivity contribution in [3.63, 3.8) is 0 Å². The topological polar surface area (TPSA) is 84.8 Å². The fraction of sp³-hybridized carbons (Fsp3) is 0.269. The number of piperazine rings is 1. The summed E-state index contributed by atoms with van der Waals surface area (Å²) in [5, 5.41) is 2.96. The predicted molar refractivity (Wildman–Crippen MR) is 134 cm³/mol. The maximum Gasteiger partial charge on any atom is 0.322 e. The highest BCUT2D eigenvalue weighted by Gasteiger charge is 2.24. The first-order valence-electron chi connectivity index (χ1n) is 11.5. The Balaban J connectivity index is 1.27. The summed E-state index contributed by atoms with van der Waals surface area (Å²) in [6, 6.07) is 19.2. The number of pyridine rings is 1. The molecule has 1 fully saturated rings. The lowest BCUT2D eigenvalue weighted by molar-refractivity contribution is 0.140. The van der Waals surface area contributed by atoms with E-state index in [1.807, 2.05) is 35.2 Å². The molecule has 2 amide bonds. The van der Waals surface area contributed by atoms with Crippen LogP contribution in [0.2, 0.25) is 0 Å². The molecule has 2 aromatic heterocycles. The molecule has 0 aliphatic carbocycles. The Hall–Kier alpha value is -4.11. The molecule has 0 atom stereocenters. The van der Waals surface area contributed by atoms with E-state index in [4.69, 9.17) is 14.5 Å². The lowest BCUT2D eigenvalue weighted by atomic mass is 10.2. The molecule has 1 N–H and O–H groups in total. The summed E-state index contributed by atoms with van der Waals surface area (Å²) in [6.07, 6.45) is 1.79. The van der Waals surface area contributed by atoms with Gasteiger partial charge in [-0.05, 0) is 36.4 Å². The Morgan fingerprint density at radius 3 is 2.51 bits per heavy atom. The van der Waals surface area contributed by atoms with Crippen LogP contribution in [0.15, 0.2) is 66.9 Å². The molecule has 3 heterocycles. The minimum absolute atomic E-state index is 0.156. The van der Waals surface area contributed by atoms with E-state index in [2.05, 4.69) is 31.9 Å². The van der Waals surface area contributed by atoms with Crippen LogP contribution in [0.3, 0.4) is 0 Å². The van der Waals surface area contributed by atoms with Gasteiger partial charge in [-0.1, -0.05) is 18.2 Å². The number of methoxy groups -OCH3 is 2. The highest BCUT2D eigenvalue weighted by atomic mass is 16.5. The van der Waals surface area contributed by atoms with E-state index in [-0.39, 0.29) is 6.03 Å². The smallest absolute Gasteiger partial charge is 0.322 e. The Bertz CT molecular complexity index is 1320. The second-order valence-corrected chi connectivity index (χ2v) is 8.30. The Labute approximate surface area is 203 Å². The predicted octanol–water partition coefficient (Wildman–Crippen LogP) is 3.79. The van der Waals surface area contributed by atoms with E-state index in [0.29, 0.717) is 36.8 Å². The normalized spacial score (nSPS) is 14.2. The molecule has 1 aliphatic heterocycles. The Morgan fingerprint density at radius 2 is 1.77 bits per heavy atom. The Morgan fingerprint density at radius 1 is 0.971 bits per heavy atom. The molecule has 0 radical (unpaired) electrons. The number of nitrogens with zero attached hydrogens (tertiary/aromatic N) is 5. The van der Waals surface area contributed by atoms with Crippen molar-refractivity contribution < 1.29 is 14.3 Å². The van der Waals surface area contributed by atoms with Crippen molar-refractivity contribution in [1.29, 1.82) is 0 Å². The lowest BCUT2D eigenvalue weighted by Crippen LogP contribution is -2.49. The van der Waals surface area contributed by atoms with Gasteiger partial charge in [-0.2, -0.15) is 0 Å². The van der Waals surface area contributed by atoms with Gasteiger partial charge in [-0.15, -0.1) is 0 Å². The van der Waals surface area contributed by atoms with Crippen LogP contribution in [-0.4, -0.2) is 70.8 Å². The van der Waals surface area contributed by atoms with Gasteiger partial charge in [0.15, 0.2) is 5.65 Å². The standard InChI is InChI=1S/C26H28N6O3/c1-34-20-10-11-23(35-2)22(17-20)29-26(33)31-15-13-30(14-16-31)18-24-28-21-9-6-12-27-25(21)32(24)19-7-4-3-5-8-19/h3-12,17H,13-16,18H2,1-2H3,(H,29,33). The molecular formula is C26H28N6O3. The van der Waals surface area contributed by atoms with Crippen LogP contribution in [0.5, 0.6) is 11.5 Å². The minimum atomic E-state index is -0.156. The summed E-state index contributed by atoms with van der Waals surface area (Å²) >= 11 is 0. The van der Waals surface area contributed by atoms with Crippen molar-refractivity contribution in [2.24, 2.45) is 0 Å². The van der Waals surface area contributed by atoms with Crippen LogP contribution in [0.1, 0.15) is 5.82 Å². The summed E-state index contributed by atoms with van der Waals surface area (Å²) < 4.78 is 12.8. The quantitative estimate of drug-likeness (QED) is 0.460. The largest absolute Gasteiger partial charge is 0.497 e. The average molecular weight is 473 g/mol. The van der Waals surface area contributed by atoms with Gasteiger partial charge in [-0.3, -0.25) is 9.47 Å². The SMILES string of the molecule is COc1ccc(OC)c(NC(=O)N2CCN(Cc3nc4cccnc4n3-c3ccccc3)CC2)c1. The van der Waals surface area contributed by atoms with Crippen molar-refractivity contribution in [2.75, 3.05) is 45.7 Å². The van der Waals surface area contributed by atoms with Crippen LogP contribution in [-0.2, 0) is 6.54 Å². The molecule has 9 nitrogen and oxygen atoms in total. The summed E-state index contributed by atoms with van der Waals surface area (Å²) in [4.78, 5) is 26.5. The summed E-state index contributed by atoms with van der Waals surface area (Å²) in [6.45, 7) is 3.39. The highest BCUT2D eigenvalue weighted by Crippen LogP contribution is 2.29. The monoisotopic (exact) mass is 472 g/mol. The minimum Gasteiger partial charge on any atom is -0.497 e. The average Bonchev–Trinajstić information content (AvgIpc) is 3.27. The number of ether oxygens (including phenoxy) is 2. The van der Waals surface area contributed by atoms with Gasteiger partial charge in [0.25, 0.3) is 0 Å². The molecule has 0 unspecified atom stereocenters. The zero-order valence-electron chi connectivity index (χ0n) is 19.8. The Kier molecular flexibility index (Phi) is 6.49. The molecule has 0 spiro atoms. The number of amides is 2. The number of fused-ring (bicyclic) bond motifs is 1. The highest BCUT2D eigenvalue weighted by molar-refractivity contribution is 5.91. The van der Waals surface area contributed by atoms with E-state index >= 15 is 0 Å². The summed E-state index contributed by atoms with van der Waals surface area (Å²) in [5.74, 6) is 2.18. The fourth-order valence-electron chi connectivity index (χ4n) is 4.33. The molecule has 0 bridgehead atoms. The number of aromatic nitrogens is 3. The van der Waals surface area contributed by atoms with E-state index in [1.165, 1.54) is 0 Å². The molecule has 4 aromatic rings. The molecule has 0 saturated carbocycles. The van der Waals surface area contributed by atoms with Crippen LogP contribution >= 0.6 is 0 Å². The third-order valence-corrected chi connectivity index (χ3v) is 6.17. The number of rotatable bonds is 6. The number of imidazole rings is 1. The van der Waals surface area contributed by atoms with Crippen molar-refractivity contribution >= 4 is 22.9 Å². The second kappa shape index (κ2) is 10.0. The lowest BCUT2D eigenvalue weighted by Gasteiger charge is -2.34. The molecule has 2 aromatic carbocycles. The van der Waals surface area contributed by atoms with Crippen molar-refractivity contribution in [3.8, 4) is 17.2 Å². The number of hydrogen-bond acceptors (Lipinski definition) is 6. The summed E-state index contributed by atoms with van der Waals surface area (Å²) in [7, 11) is 3.17. The first kappa shape index (κ1) is 22.7. The number of carbonyl (C=O) groups is 1. The van der Waals surface area contributed by atoms with Gasteiger partial charge in [0.1, 0.15) is 22.8 Å². The molecule has 1 aliphatic rings. The van der Waals surface area contributed by atoms with E-state index in [9.17, 15) is 4.79 Å². The number of urea groups is 1. The van der Waals surface area contributed by atoms with E-state index in [1.54, 1.807) is 38.6 Å². The third kappa shape index (κ3) is 4.76. The molecule has 35 heavy (non-hydrogen) atoms.